The van der Waals surface area contributed by atoms with Crippen LogP contribution in [0.3, 0.4) is 0 Å². The molecule has 0 fully saturated rings. The predicted molar refractivity (Wildman–Crippen MR) is 86.4 cm³/mol. The number of carbonyl (C=O) groups excluding carboxylic acids is 2. The number of rotatable bonds is 4. The summed E-state index contributed by atoms with van der Waals surface area (Å²) in [5.74, 6) is 0.230. The van der Waals surface area contributed by atoms with Gasteiger partial charge in [0, 0.05) is 11.4 Å². The van der Waals surface area contributed by atoms with Crippen LogP contribution in [0.25, 0.3) is 0 Å². The molecule has 8 heteroatoms. The number of nitrogens with zero attached hydrogens (tertiary/aromatic N) is 3. The lowest BCUT2D eigenvalue weighted by Crippen LogP contribution is -2.29. The van der Waals surface area contributed by atoms with Gasteiger partial charge in [-0.1, -0.05) is 30.7 Å². The van der Waals surface area contributed by atoms with E-state index in [9.17, 15) is 9.59 Å². The fourth-order valence-corrected chi connectivity index (χ4v) is 2.60. The van der Waals surface area contributed by atoms with E-state index in [0.29, 0.717) is 17.4 Å². The number of hydrogen-bond donors (Lipinski definition) is 2. The molecule has 0 aliphatic carbocycles. The van der Waals surface area contributed by atoms with E-state index in [1.807, 2.05) is 19.1 Å². The highest BCUT2D eigenvalue weighted by Crippen LogP contribution is 2.30. The zero-order chi connectivity index (χ0) is 16.4. The number of hydrogen-bond acceptors (Lipinski definition) is 4. The zero-order valence-electron chi connectivity index (χ0n) is 12.5. The molecular weight excluding hydrogens is 318 g/mol. The Bertz CT molecular complexity index is 741. The summed E-state index contributed by atoms with van der Waals surface area (Å²) < 4.78 is 1.62. The van der Waals surface area contributed by atoms with Crippen LogP contribution in [0.5, 0.6) is 0 Å². The molecule has 120 valence electrons. The fourth-order valence-electron chi connectivity index (χ4n) is 2.47. The van der Waals surface area contributed by atoms with Gasteiger partial charge in [-0.2, -0.15) is 4.98 Å². The Morgan fingerprint density at radius 1 is 1.43 bits per heavy atom. The van der Waals surface area contributed by atoms with Gasteiger partial charge in [0.05, 0.1) is 12.5 Å². The molecule has 3 rings (SSSR count). The molecule has 23 heavy (non-hydrogen) atoms. The molecule has 1 aromatic carbocycles. The Hall–Kier alpha value is -2.41. The summed E-state index contributed by atoms with van der Waals surface area (Å²) in [6.45, 7) is 1.92. The maximum atomic E-state index is 11.9. The van der Waals surface area contributed by atoms with Crippen molar-refractivity contribution in [3.05, 3.63) is 34.9 Å². The Labute approximate surface area is 138 Å². The van der Waals surface area contributed by atoms with Crippen molar-refractivity contribution in [3.8, 4) is 0 Å². The summed E-state index contributed by atoms with van der Waals surface area (Å²) >= 11 is 5.91. The lowest BCUT2D eigenvalue weighted by atomic mass is 10.0. The van der Waals surface area contributed by atoms with Crippen LogP contribution < -0.4 is 10.6 Å². The molecule has 2 N–H and O–H groups in total. The lowest BCUT2D eigenvalue weighted by Gasteiger charge is -2.23. The third-order valence-electron chi connectivity index (χ3n) is 3.54. The predicted octanol–water partition coefficient (Wildman–Crippen LogP) is 2.60. The van der Waals surface area contributed by atoms with Crippen LogP contribution in [-0.4, -0.2) is 26.6 Å². The first-order valence-corrected chi connectivity index (χ1v) is 7.76. The molecular formula is C15H16ClN5O2. The molecule has 0 saturated heterocycles. The van der Waals surface area contributed by atoms with Gasteiger partial charge in [-0.3, -0.25) is 20.2 Å². The van der Waals surface area contributed by atoms with Crippen LogP contribution in [0.4, 0.5) is 11.9 Å². The molecule has 0 bridgehead atoms. The highest BCUT2D eigenvalue weighted by Gasteiger charge is 2.29. The first kappa shape index (κ1) is 15.5. The number of anilines is 2. The van der Waals surface area contributed by atoms with E-state index in [-0.39, 0.29) is 30.2 Å². The molecule has 2 amide bonds. The number of nitrogens with one attached hydrogen (secondary N) is 2. The van der Waals surface area contributed by atoms with Crippen LogP contribution >= 0.6 is 11.6 Å². The molecule has 2 heterocycles. The van der Waals surface area contributed by atoms with Gasteiger partial charge < -0.3 is 0 Å². The van der Waals surface area contributed by atoms with Crippen LogP contribution in [0, 0.1) is 0 Å². The van der Waals surface area contributed by atoms with Crippen molar-refractivity contribution in [2.75, 3.05) is 10.6 Å². The maximum absolute atomic E-state index is 11.9. The third-order valence-corrected chi connectivity index (χ3v) is 3.79. The number of halogens is 1. The van der Waals surface area contributed by atoms with E-state index in [0.717, 1.165) is 12.0 Å². The first-order valence-electron chi connectivity index (χ1n) is 7.38. The highest BCUT2D eigenvalue weighted by molar-refractivity contribution is 6.30. The largest absolute Gasteiger partial charge is 0.295 e. The van der Waals surface area contributed by atoms with Crippen LogP contribution in [0.15, 0.2) is 24.3 Å². The molecule has 7 nitrogen and oxygen atoms in total. The van der Waals surface area contributed by atoms with Crippen LogP contribution in [0.2, 0.25) is 5.02 Å². The minimum absolute atomic E-state index is 0.142. The van der Waals surface area contributed by atoms with Crippen LogP contribution in [-0.2, 0) is 9.59 Å². The minimum Gasteiger partial charge on any atom is -0.295 e. The van der Waals surface area contributed by atoms with Gasteiger partial charge >= 0.3 is 0 Å². The Morgan fingerprint density at radius 3 is 2.87 bits per heavy atom. The normalized spacial score (nSPS) is 16.6. The van der Waals surface area contributed by atoms with Crippen molar-refractivity contribution in [2.24, 2.45) is 0 Å². The number of fused-ring (bicyclic) bond motifs is 1. The number of aromatic nitrogens is 3. The van der Waals surface area contributed by atoms with E-state index in [4.69, 9.17) is 11.6 Å². The van der Waals surface area contributed by atoms with Gasteiger partial charge in [0.1, 0.15) is 0 Å². The monoisotopic (exact) mass is 333 g/mol. The quantitative estimate of drug-likeness (QED) is 0.900. The van der Waals surface area contributed by atoms with Gasteiger partial charge in [-0.05, 0) is 24.1 Å². The zero-order valence-corrected chi connectivity index (χ0v) is 13.3. The van der Waals surface area contributed by atoms with Crippen molar-refractivity contribution >= 4 is 35.3 Å². The summed E-state index contributed by atoms with van der Waals surface area (Å²) in [5.41, 5.74) is 0.904. The van der Waals surface area contributed by atoms with E-state index in [2.05, 4.69) is 20.7 Å². The summed E-state index contributed by atoms with van der Waals surface area (Å²) in [6, 6.07) is 6.97. The van der Waals surface area contributed by atoms with E-state index < -0.39 is 0 Å². The summed E-state index contributed by atoms with van der Waals surface area (Å²) in [6.07, 6.45) is 1.39. The van der Waals surface area contributed by atoms with Crippen molar-refractivity contribution in [2.45, 2.75) is 32.2 Å². The smallest absolute Gasteiger partial charge is 0.250 e. The standard InChI is InChI=1S/C15H16ClN5O2/c1-2-3-12(22)17-14-19-15-18-13(23)8-11(21(15)20-14)9-4-6-10(16)7-5-9/h4-7,11H,2-3,8H2,1H3,(H2,17,18,19,20,22,23). The van der Waals surface area contributed by atoms with Gasteiger partial charge in [0.15, 0.2) is 0 Å². The Balaban J connectivity index is 1.90. The average Bonchev–Trinajstić information content (AvgIpc) is 2.89. The third kappa shape index (κ3) is 3.34. The molecule has 1 aliphatic heterocycles. The van der Waals surface area contributed by atoms with Gasteiger partial charge in [-0.15, -0.1) is 5.10 Å². The summed E-state index contributed by atoms with van der Waals surface area (Å²) in [7, 11) is 0. The first-order chi connectivity index (χ1) is 11.1. The van der Waals surface area contributed by atoms with E-state index in [1.165, 1.54) is 0 Å². The van der Waals surface area contributed by atoms with Crippen molar-refractivity contribution in [1.29, 1.82) is 0 Å². The number of carbonyl (C=O) groups is 2. The van der Waals surface area contributed by atoms with E-state index >= 15 is 0 Å². The van der Waals surface area contributed by atoms with Gasteiger partial charge in [0.25, 0.3) is 5.95 Å². The van der Waals surface area contributed by atoms with Gasteiger partial charge in [0.2, 0.25) is 17.8 Å². The Morgan fingerprint density at radius 2 is 2.17 bits per heavy atom. The maximum Gasteiger partial charge on any atom is 0.250 e. The molecule has 0 saturated carbocycles. The van der Waals surface area contributed by atoms with Crippen molar-refractivity contribution in [3.63, 3.8) is 0 Å². The fraction of sp³-hybridized carbons (Fsp3) is 0.333. The second-order valence-corrected chi connectivity index (χ2v) is 5.76. The lowest BCUT2D eigenvalue weighted by molar-refractivity contribution is -0.117. The van der Waals surface area contributed by atoms with Crippen molar-refractivity contribution in [1.82, 2.24) is 14.8 Å². The topological polar surface area (TPSA) is 88.9 Å². The minimum atomic E-state index is -0.277. The second-order valence-electron chi connectivity index (χ2n) is 5.32. The number of amides is 2. The summed E-state index contributed by atoms with van der Waals surface area (Å²) in [5, 5.41) is 10.3. The molecule has 0 radical (unpaired) electrons. The van der Waals surface area contributed by atoms with Crippen molar-refractivity contribution < 1.29 is 9.59 Å². The molecule has 1 aliphatic rings. The molecule has 1 aromatic heterocycles. The van der Waals surface area contributed by atoms with Gasteiger partial charge in [-0.25, -0.2) is 4.68 Å². The summed E-state index contributed by atoms with van der Waals surface area (Å²) in [4.78, 5) is 27.8. The molecule has 0 spiro atoms. The van der Waals surface area contributed by atoms with Crippen LogP contribution in [0.1, 0.15) is 37.8 Å². The van der Waals surface area contributed by atoms with E-state index in [1.54, 1.807) is 16.8 Å². The number of benzene rings is 1. The second kappa shape index (κ2) is 6.37. The Kier molecular flexibility index (Phi) is 4.29. The molecule has 1 unspecified atom stereocenters. The SMILES string of the molecule is CCCC(=O)Nc1nc2n(n1)C(c1ccc(Cl)cc1)CC(=O)N2. The molecule has 2 aromatic rings. The highest BCUT2D eigenvalue weighted by atomic mass is 35.5. The average molecular weight is 334 g/mol. The molecule has 1 atom stereocenters.